The number of thiophene rings is 1. The molecule has 5 rings (SSSR count). The highest BCUT2D eigenvalue weighted by atomic mass is 35.5. The Bertz CT molecular complexity index is 1240. The second kappa shape index (κ2) is 6.28. The maximum Gasteiger partial charge on any atom is 0.0499 e. The molecule has 0 fully saturated rings. The summed E-state index contributed by atoms with van der Waals surface area (Å²) in [7, 11) is 0. The number of rotatable bonds is 2. The van der Waals surface area contributed by atoms with Crippen molar-refractivity contribution >= 4 is 43.1 Å². The first-order valence-electron chi connectivity index (χ1n) is 8.57. The fourth-order valence-electron chi connectivity index (χ4n) is 3.64. The van der Waals surface area contributed by atoms with Crippen LogP contribution in [0.2, 0.25) is 5.02 Å². The SMILES string of the molecule is Clc1cccc2sc3cccc(-c4ccccc4-c4ccccc4)c3c12. The maximum absolute atomic E-state index is 6.60. The van der Waals surface area contributed by atoms with Crippen molar-refractivity contribution in [2.75, 3.05) is 0 Å². The molecule has 5 aromatic rings. The molecule has 0 saturated heterocycles. The number of benzene rings is 4. The van der Waals surface area contributed by atoms with Gasteiger partial charge in [0.25, 0.3) is 0 Å². The standard InChI is InChI=1S/C24H15ClS/c25-20-13-7-15-22-24(20)23-19(12-6-14-21(23)26-22)18-11-5-4-10-17(18)16-8-2-1-3-9-16/h1-15H. The van der Waals surface area contributed by atoms with E-state index in [1.165, 1.54) is 37.0 Å². The Labute approximate surface area is 161 Å². The molecule has 1 heterocycles. The van der Waals surface area contributed by atoms with E-state index < -0.39 is 0 Å². The monoisotopic (exact) mass is 370 g/mol. The molecule has 0 unspecified atom stereocenters. The predicted octanol–water partition coefficient (Wildman–Crippen LogP) is 8.04. The van der Waals surface area contributed by atoms with Gasteiger partial charge in [-0.3, -0.25) is 0 Å². The van der Waals surface area contributed by atoms with Crippen LogP contribution in [0.5, 0.6) is 0 Å². The maximum atomic E-state index is 6.60. The van der Waals surface area contributed by atoms with Gasteiger partial charge in [-0.2, -0.15) is 0 Å². The van der Waals surface area contributed by atoms with Crippen molar-refractivity contribution in [1.82, 2.24) is 0 Å². The molecular formula is C24H15ClS. The average molecular weight is 371 g/mol. The smallest absolute Gasteiger partial charge is 0.0499 e. The van der Waals surface area contributed by atoms with Gasteiger partial charge in [-0.25, -0.2) is 0 Å². The number of hydrogen-bond donors (Lipinski definition) is 0. The van der Waals surface area contributed by atoms with E-state index in [0.29, 0.717) is 0 Å². The van der Waals surface area contributed by atoms with Gasteiger partial charge in [-0.15, -0.1) is 11.3 Å². The van der Waals surface area contributed by atoms with Gasteiger partial charge in [0.05, 0.1) is 0 Å². The molecular weight excluding hydrogens is 356 g/mol. The van der Waals surface area contributed by atoms with Crippen LogP contribution in [-0.4, -0.2) is 0 Å². The Morgan fingerprint density at radius 3 is 1.92 bits per heavy atom. The summed E-state index contributed by atoms with van der Waals surface area (Å²) in [6, 6.07) is 31.9. The molecule has 0 saturated carbocycles. The molecule has 2 heteroatoms. The van der Waals surface area contributed by atoms with Crippen LogP contribution in [0.15, 0.2) is 91.0 Å². The van der Waals surface area contributed by atoms with Crippen LogP contribution >= 0.6 is 22.9 Å². The number of fused-ring (bicyclic) bond motifs is 3. The van der Waals surface area contributed by atoms with E-state index >= 15 is 0 Å². The number of hydrogen-bond acceptors (Lipinski definition) is 1. The minimum atomic E-state index is 0.818. The lowest BCUT2D eigenvalue weighted by molar-refractivity contribution is 1.60. The lowest BCUT2D eigenvalue weighted by Crippen LogP contribution is -1.86. The fourth-order valence-corrected chi connectivity index (χ4v) is 5.12. The van der Waals surface area contributed by atoms with Crippen molar-refractivity contribution in [3.05, 3.63) is 96.0 Å². The van der Waals surface area contributed by atoms with Gasteiger partial charge in [-0.1, -0.05) is 84.4 Å². The molecule has 0 aliphatic heterocycles. The number of halogens is 1. The Morgan fingerprint density at radius 1 is 0.500 bits per heavy atom. The summed E-state index contributed by atoms with van der Waals surface area (Å²) in [6.45, 7) is 0. The molecule has 0 nitrogen and oxygen atoms in total. The topological polar surface area (TPSA) is 0 Å². The molecule has 0 N–H and O–H groups in total. The summed E-state index contributed by atoms with van der Waals surface area (Å²) >= 11 is 8.40. The van der Waals surface area contributed by atoms with E-state index in [2.05, 4.69) is 78.9 Å². The summed E-state index contributed by atoms with van der Waals surface area (Å²) in [5.41, 5.74) is 4.95. The summed E-state index contributed by atoms with van der Waals surface area (Å²) < 4.78 is 2.51. The van der Waals surface area contributed by atoms with Crippen LogP contribution in [0.1, 0.15) is 0 Å². The highest BCUT2D eigenvalue weighted by molar-refractivity contribution is 7.26. The second-order valence-electron chi connectivity index (χ2n) is 6.31. The lowest BCUT2D eigenvalue weighted by Gasteiger charge is -2.12. The third kappa shape index (κ3) is 2.44. The minimum Gasteiger partial charge on any atom is -0.135 e. The van der Waals surface area contributed by atoms with E-state index in [4.69, 9.17) is 11.6 Å². The Balaban J connectivity index is 1.89. The van der Waals surface area contributed by atoms with Crippen molar-refractivity contribution in [2.45, 2.75) is 0 Å². The molecule has 0 radical (unpaired) electrons. The highest BCUT2D eigenvalue weighted by Crippen LogP contribution is 2.44. The van der Waals surface area contributed by atoms with Crippen LogP contribution < -0.4 is 0 Å². The molecule has 0 aliphatic rings. The van der Waals surface area contributed by atoms with Crippen LogP contribution in [0.4, 0.5) is 0 Å². The average Bonchev–Trinajstić information content (AvgIpc) is 3.09. The van der Waals surface area contributed by atoms with Crippen molar-refractivity contribution in [3.63, 3.8) is 0 Å². The van der Waals surface area contributed by atoms with Gasteiger partial charge in [0.1, 0.15) is 0 Å². The zero-order chi connectivity index (χ0) is 17.5. The molecule has 0 spiro atoms. The molecule has 0 aliphatic carbocycles. The summed E-state index contributed by atoms with van der Waals surface area (Å²) in [4.78, 5) is 0. The zero-order valence-corrected chi connectivity index (χ0v) is 15.5. The Morgan fingerprint density at radius 2 is 1.12 bits per heavy atom. The third-order valence-electron chi connectivity index (χ3n) is 4.77. The lowest BCUT2D eigenvalue weighted by atomic mass is 9.92. The Kier molecular flexibility index (Phi) is 3.77. The first-order chi connectivity index (χ1) is 12.8. The van der Waals surface area contributed by atoms with Crippen molar-refractivity contribution in [3.8, 4) is 22.3 Å². The van der Waals surface area contributed by atoms with Crippen LogP contribution in [-0.2, 0) is 0 Å². The third-order valence-corrected chi connectivity index (χ3v) is 6.21. The quantitative estimate of drug-likeness (QED) is 0.295. The molecule has 0 bridgehead atoms. The van der Waals surface area contributed by atoms with Gasteiger partial charge in [-0.05, 0) is 40.5 Å². The van der Waals surface area contributed by atoms with E-state index in [1.807, 2.05) is 12.1 Å². The summed E-state index contributed by atoms with van der Waals surface area (Å²) in [5.74, 6) is 0. The Hall–Kier alpha value is -2.61. The first-order valence-corrected chi connectivity index (χ1v) is 9.77. The highest BCUT2D eigenvalue weighted by Gasteiger charge is 2.15. The molecule has 4 aromatic carbocycles. The van der Waals surface area contributed by atoms with E-state index in [-0.39, 0.29) is 0 Å². The molecule has 0 atom stereocenters. The van der Waals surface area contributed by atoms with Gasteiger partial charge >= 0.3 is 0 Å². The first kappa shape index (κ1) is 15.6. The van der Waals surface area contributed by atoms with Gasteiger partial charge in [0, 0.05) is 25.2 Å². The van der Waals surface area contributed by atoms with Gasteiger partial charge in [0.2, 0.25) is 0 Å². The van der Waals surface area contributed by atoms with Crippen molar-refractivity contribution in [2.24, 2.45) is 0 Å². The largest absolute Gasteiger partial charge is 0.135 e. The van der Waals surface area contributed by atoms with E-state index in [9.17, 15) is 0 Å². The molecule has 1 aromatic heterocycles. The van der Waals surface area contributed by atoms with E-state index in [1.54, 1.807) is 11.3 Å². The van der Waals surface area contributed by atoms with Crippen molar-refractivity contribution < 1.29 is 0 Å². The van der Waals surface area contributed by atoms with Crippen LogP contribution in [0.25, 0.3) is 42.4 Å². The second-order valence-corrected chi connectivity index (χ2v) is 7.80. The van der Waals surface area contributed by atoms with Crippen molar-refractivity contribution in [1.29, 1.82) is 0 Å². The fraction of sp³-hybridized carbons (Fsp3) is 0. The zero-order valence-electron chi connectivity index (χ0n) is 13.9. The molecule has 124 valence electrons. The molecule has 26 heavy (non-hydrogen) atoms. The predicted molar refractivity (Wildman–Crippen MR) is 115 cm³/mol. The molecule has 0 amide bonds. The van der Waals surface area contributed by atoms with Crippen LogP contribution in [0, 0.1) is 0 Å². The minimum absolute atomic E-state index is 0.818. The van der Waals surface area contributed by atoms with Gasteiger partial charge < -0.3 is 0 Å². The van der Waals surface area contributed by atoms with Crippen LogP contribution in [0.3, 0.4) is 0 Å². The summed E-state index contributed by atoms with van der Waals surface area (Å²) in [5, 5.41) is 3.23. The summed E-state index contributed by atoms with van der Waals surface area (Å²) in [6.07, 6.45) is 0. The normalized spacial score (nSPS) is 11.3. The van der Waals surface area contributed by atoms with E-state index in [0.717, 1.165) is 10.4 Å². The van der Waals surface area contributed by atoms with Gasteiger partial charge in [0.15, 0.2) is 0 Å².